The molecule has 0 aliphatic heterocycles. The van der Waals surface area contributed by atoms with Crippen molar-refractivity contribution in [1.82, 2.24) is 15.4 Å². The Morgan fingerprint density at radius 3 is 2.22 bits per heavy atom. The number of carboxylic acids is 1. The normalized spacial score (nSPS) is 13.2. The van der Waals surface area contributed by atoms with Crippen LogP contribution in [-0.2, 0) is 4.79 Å². The minimum Gasteiger partial charge on any atom is -0.480 e. The Morgan fingerprint density at radius 2 is 1.89 bits per heavy atom. The van der Waals surface area contributed by atoms with Crippen molar-refractivity contribution < 1.29 is 9.90 Å². The van der Waals surface area contributed by atoms with E-state index >= 15 is 0 Å². The zero-order valence-corrected chi connectivity index (χ0v) is 11.6. The van der Waals surface area contributed by atoms with Crippen LogP contribution in [0.2, 0.25) is 0 Å². The Labute approximate surface area is 109 Å². The molecule has 0 radical (unpaired) electrons. The highest BCUT2D eigenvalue weighted by molar-refractivity contribution is 5.75. The van der Waals surface area contributed by atoms with Crippen LogP contribution in [0.1, 0.15) is 33.6 Å². The quantitative estimate of drug-likeness (QED) is 0.397. The van der Waals surface area contributed by atoms with Crippen LogP contribution in [-0.4, -0.2) is 46.7 Å². The zero-order chi connectivity index (χ0) is 14.0. The van der Waals surface area contributed by atoms with Gasteiger partial charge in [0.2, 0.25) is 0 Å². The molecule has 106 valence electrons. The van der Waals surface area contributed by atoms with Gasteiger partial charge in [-0.15, -0.1) is 0 Å². The van der Waals surface area contributed by atoms with E-state index in [1.54, 1.807) is 17.3 Å². The van der Waals surface area contributed by atoms with E-state index in [0.717, 1.165) is 25.9 Å². The Kier molecular flexibility index (Phi) is 9.26. The minimum atomic E-state index is -0.832. The molecule has 0 aliphatic rings. The highest BCUT2D eigenvalue weighted by Gasteiger charge is 2.21. The van der Waals surface area contributed by atoms with Crippen LogP contribution in [0.4, 0.5) is 0 Å². The van der Waals surface area contributed by atoms with E-state index in [4.69, 9.17) is 5.84 Å². The molecular weight excluding hydrogens is 232 g/mol. The van der Waals surface area contributed by atoms with Crippen LogP contribution in [0.15, 0.2) is 12.3 Å². The van der Waals surface area contributed by atoms with Crippen molar-refractivity contribution in [2.24, 2.45) is 5.84 Å². The lowest BCUT2D eigenvalue weighted by molar-refractivity contribution is -0.141. The summed E-state index contributed by atoms with van der Waals surface area (Å²) in [6.07, 6.45) is 5.21. The largest absolute Gasteiger partial charge is 0.480 e. The van der Waals surface area contributed by atoms with E-state index in [0.29, 0.717) is 6.54 Å². The fourth-order valence-corrected chi connectivity index (χ4v) is 1.75. The fraction of sp³-hybridized carbons (Fsp3) is 0.750. The third kappa shape index (κ3) is 6.00. The summed E-state index contributed by atoms with van der Waals surface area (Å²) in [5, 5.41) is 10.9. The van der Waals surface area contributed by atoms with Crippen LogP contribution >= 0.6 is 0 Å². The molecule has 0 bridgehead atoms. The molecule has 1 unspecified atom stereocenters. The third-order valence-corrected chi connectivity index (χ3v) is 2.62. The van der Waals surface area contributed by atoms with E-state index < -0.39 is 12.0 Å². The number of carbonyl (C=O) groups is 1. The summed E-state index contributed by atoms with van der Waals surface area (Å²) in [5.41, 5.74) is 2.48. The van der Waals surface area contributed by atoms with Gasteiger partial charge in [-0.25, -0.2) is 0 Å². The zero-order valence-electron chi connectivity index (χ0n) is 11.6. The van der Waals surface area contributed by atoms with Crippen molar-refractivity contribution in [3.63, 3.8) is 0 Å². The predicted molar refractivity (Wildman–Crippen MR) is 72.4 cm³/mol. The number of rotatable bonds is 10. The lowest BCUT2D eigenvalue weighted by Gasteiger charge is -2.26. The van der Waals surface area contributed by atoms with Gasteiger partial charge in [0, 0.05) is 12.7 Å². The van der Waals surface area contributed by atoms with Crippen LogP contribution in [0.25, 0.3) is 0 Å². The third-order valence-electron chi connectivity index (χ3n) is 2.62. The molecule has 4 N–H and O–H groups in total. The Morgan fingerprint density at radius 1 is 1.33 bits per heavy atom. The lowest BCUT2D eigenvalue weighted by Crippen LogP contribution is -2.42. The van der Waals surface area contributed by atoms with Crippen molar-refractivity contribution >= 4 is 5.97 Å². The van der Waals surface area contributed by atoms with Gasteiger partial charge < -0.3 is 10.1 Å². The molecule has 0 spiro atoms. The predicted octanol–water partition coefficient (Wildman–Crippen LogP) is 0.776. The second-order valence-corrected chi connectivity index (χ2v) is 4.08. The maximum atomic E-state index is 11.3. The first-order valence-corrected chi connectivity index (χ1v) is 6.48. The summed E-state index contributed by atoms with van der Waals surface area (Å²) in [4.78, 5) is 13.3. The van der Waals surface area contributed by atoms with E-state index in [1.807, 2.05) is 25.7 Å². The first-order valence-electron chi connectivity index (χ1n) is 6.48. The Bertz CT molecular complexity index is 248. The van der Waals surface area contributed by atoms with E-state index in [9.17, 15) is 9.90 Å². The molecule has 1 atom stereocenters. The minimum absolute atomic E-state index is 0.604. The van der Waals surface area contributed by atoms with Gasteiger partial charge in [0.05, 0.1) is 0 Å². The van der Waals surface area contributed by atoms with Gasteiger partial charge in [0.25, 0.3) is 0 Å². The maximum absolute atomic E-state index is 11.3. The van der Waals surface area contributed by atoms with Gasteiger partial charge in [-0.1, -0.05) is 13.8 Å². The van der Waals surface area contributed by atoms with Gasteiger partial charge in [0.15, 0.2) is 0 Å². The molecule has 0 saturated heterocycles. The molecule has 0 rings (SSSR count). The highest BCUT2D eigenvalue weighted by Crippen LogP contribution is 2.05. The fourth-order valence-electron chi connectivity index (χ4n) is 1.75. The van der Waals surface area contributed by atoms with Gasteiger partial charge >= 0.3 is 5.97 Å². The number of hydrazine groups is 2. The summed E-state index contributed by atoms with van der Waals surface area (Å²) in [5.74, 6) is 4.47. The van der Waals surface area contributed by atoms with Gasteiger partial charge in [-0.05, 0) is 38.9 Å². The molecule has 0 saturated carbocycles. The summed E-state index contributed by atoms with van der Waals surface area (Å²) in [7, 11) is 0. The number of nitrogens with one attached hydrogen (secondary N) is 1. The average molecular weight is 258 g/mol. The van der Waals surface area contributed by atoms with Crippen LogP contribution in [0.5, 0.6) is 0 Å². The second-order valence-electron chi connectivity index (χ2n) is 4.08. The van der Waals surface area contributed by atoms with Crippen LogP contribution in [0, 0.1) is 0 Å². The molecular formula is C12H26N4O2. The SMILES string of the molecule is CCCN(CCC)C(C=CN(CC)NN)C(=O)O. The summed E-state index contributed by atoms with van der Waals surface area (Å²) in [6.45, 7) is 8.24. The molecule has 0 aromatic rings. The van der Waals surface area contributed by atoms with Gasteiger partial charge in [0.1, 0.15) is 6.04 Å². The number of nitrogens with zero attached hydrogens (tertiary/aromatic N) is 2. The van der Waals surface area contributed by atoms with Crippen molar-refractivity contribution in [2.45, 2.75) is 39.7 Å². The molecule has 18 heavy (non-hydrogen) atoms. The second kappa shape index (κ2) is 9.87. The van der Waals surface area contributed by atoms with Crippen LogP contribution < -0.4 is 11.4 Å². The number of nitrogens with two attached hydrogens (primary N) is 1. The standard InChI is InChI=1S/C12H26N4O2/c1-4-8-15(9-5-2)11(12(17)18)7-10-16(6-3)14-13/h7,10-11,14H,4-6,8-9,13H2,1-3H3,(H,17,18). The van der Waals surface area contributed by atoms with Crippen LogP contribution in [0.3, 0.4) is 0 Å². The number of hydrogen-bond donors (Lipinski definition) is 3. The molecule has 6 nitrogen and oxygen atoms in total. The van der Waals surface area contributed by atoms with Crippen molar-refractivity contribution in [3.05, 3.63) is 12.3 Å². The summed E-state index contributed by atoms with van der Waals surface area (Å²) in [6, 6.07) is -0.604. The van der Waals surface area contributed by atoms with E-state index in [-0.39, 0.29) is 0 Å². The van der Waals surface area contributed by atoms with E-state index in [2.05, 4.69) is 5.53 Å². The topological polar surface area (TPSA) is 81.8 Å². The molecule has 6 heteroatoms. The average Bonchev–Trinajstić information content (AvgIpc) is 2.34. The van der Waals surface area contributed by atoms with Gasteiger partial charge in [-0.2, -0.15) is 5.53 Å². The monoisotopic (exact) mass is 258 g/mol. The van der Waals surface area contributed by atoms with Crippen molar-refractivity contribution in [3.8, 4) is 0 Å². The highest BCUT2D eigenvalue weighted by atomic mass is 16.4. The smallest absolute Gasteiger partial charge is 0.325 e. The van der Waals surface area contributed by atoms with Crippen molar-refractivity contribution in [1.29, 1.82) is 0 Å². The van der Waals surface area contributed by atoms with Crippen molar-refractivity contribution in [2.75, 3.05) is 19.6 Å². The first kappa shape index (κ1) is 16.9. The lowest BCUT2D eigenvalue weighted by atomic mass is 10.2. The number of aliphatic carboxylic acids is 1. The first-order chi connectivity index (χ1) is 8.60. The van der Waals surface area contributed by atoms with E-state index in [1.165, 1.54) is 0 Å². The molecule has 0 heterocycles. The Balaban J connectivity index is 4.75. The number of hydrogen-bond acceptors (Lipinski definition) is 5. The Hall–Kier alpha value is -1.11. The summed E-state index contributed by atoms with van der Waals surface area (Å²) >= 11 is 0. The molecule has 0 aromatic carbocycles. The molecule has 0 fully saturated rings. The maximum Gasteiger partial charge on any atom is 0.325 e. The summed E-state index contributed by atoms with van der Waals surface area (Å²) < 4.78 is 0. The molecule has 0 amide bonds. The van der Waals surface area contributed by atoms with Gasteiger partial charge in [-0.3, -0.25) is 15.5 Å². The molecule has 0 aromatic heterocycles. The molecule has 0 aliphatic carbocycles. The number of carboxylic acid groups (broad SMARTS) is 1.